The molecule has 1 aliphatic rings. The zero-order valence-electron chi connectivity index (χ0n) is 8.37. The van der Waals surface area contributed by atoms with Gasteiger partial charge in [0.05, 0.1) is 5.60 Å². The van der Waals surface area contributed by atoms with Gasteiger partial charge in [0, 0.05) is 17.3 Å². The van der Waals surface area contributed by atoms with E-state index in [4.69, 9.17) is 0 Å². The molecule has 1 atom stereocenters. The molecule has 15 heavy (non-hydrogen) atoms. The van der Waals surface area contributed by atoms with Gasteiger partial charge in [0.2, 0.25) is 0 Å². The number of aldehydes is 1. The van der Waals surface area contributed by atoms with E-state index in [2.05, 4.69) is 22.0 Å². The highest BCUT2D eigenvalue weighted by Gasteiger charge is 2.31. The summed E-state index contributed by atoms with van der Waals surface area (Å²) >= 11 is 3.43. The van der Waals surface area contributed by atoms with Crippen LogP contribution in [0.4, 0.5) is 0 Å². The van der Waals surface area contributed by atoms with E-state index in [9.17, 15) is 9.90 Å². The van der Waals surface area contributed by atoms with Crippen molar-refractivity contribution in [1.82, 2.24) is 0 Å². The maximum absolute atomic E-state index is 10.5. The minimum absolute atomic E-state index is 0.239. The van der Waals surface area contributed by atoms with Crippen molar-refractivity contribution in [1.29, 1.82) is 0 Å². The van der Waals surface area contributed by atoms with Gasteiger partial charge in [-0.2, -0.15) is 0 Å². The lowest BCUT2D eigenvalue weighted by Crippen LogP contribution is -2.36. The van der Waals surface area contributed by atoms with E-state index in [1.165, 1.54) is 5.56 Å². The van der Waals surface area contributed by atoms with Crippen molar-refractivity contribution in [3.8, 4) is 0 Å². The lowest BCUT2D eigenvalue weighted by Gasteiger charge is -2.32. The summed E-state index contributed by atoms with van der Waals surface area (Å²) in [6.45, 7) is 0. The van der Waals surface area contributed by atoms with Crippen molar-refractivity contribution >= 4 is 22.2 Å². The largest absolute Gasteiger partial charge is 0.389 e. The molecule has 2 nitrogen and oxygen atoms in total. The molecular formula is C12H13BrO2. The highest BCUT2D eigenvalue weighted by atomic mass is 79.9. The molecule has 0 aromatic heterocycles. The molecule has 0 saturated carbocycles. The molecule has 1 unspecified atom stereocenters. The van der Waals surface area contributed by atoms with E-state index < -0.39 is 5.60 Å². The third-order valence-electron chi connectivity index (χ3n) is 3.01. The maximum atomic E-state index is 10.5. The average molecular weight is 269 g/mol. The Morgan fingerprint density at radius 2 is 2.27 bits per heavy atom. The predicted octanol–water partition coefficient (Wildman–Crippen LogP) is 2.26. The summed E-state index contributed by atoms with van der Waals surface area (Å²) in [7, 11) is 0. The molecule has 0 aliphatic heterocycles. The van der Waals surface area contributed by atoms with E-state index in [1.54, 1.807) is 0 Å². The minimum Gasteiger partial charge on any atom is -0.389 e. The fourth-order valence-electron chi connectivity index (χ4n) is 2.14. The number of benzene rings is 1. The Kier molecular flexibility index (Phi) is 2.94. The van der Waals surface area contributed by atoms with Crippen LogP contribution in [0.2, 0.25) is 0 Å². The smallest absolute Gasteiger partial charge is 0.122 e. The maximum Gasteiger partial charge on any atom is 0.122 e. The van der Waals surface area contributed by atoms with Gasteiger partial charge < -0.3 is 9.90 Å². The van der Waals surface area contributed by atoms with Gasteiger partial charge >= 0.3 is 0 Å². The van der Waals surface area contributed by atoms with Gasteiger partial charge in [-0.15, -0.1) is 0 Å². The summed E-state index contributed by atoms with van der Waals surface area (Å²) < 4.78 is 1.07. The molecule has 0 radical (unpaired) electrons. The molecule has 0 bridgehead atoms. The van der Waals surface area contributed by atoms with Crippen LogP contribution in [0.25, 0.3) is 0 Å². The number of aliphatic hydroxyl groups is 1. The van der Waals surface area contributed by atoms with Crippen molar-refractivity contribution in [3.05, 3.63) is 33.8 Å². The average Bonchev–Trinajstić information content (AvgIpc) is 2.19. The highest BCUT2D eigenvalue weighted by Crippen LogP contribution is 2.31. The molecule has 0 saturated heterocycles. The third-order valence-corrected chi connectivity index (χ3v) is 3.50. The fraction of sp³-hybridized carbons (Fsp3) is 0.417. The van der Waals surface area contributed by atoms with Crippen LogP contribution in [0.5, 0.6) is 0 Å². The fourth-order valence-corrected chi connectivity index (χ4v) is 2.55. The van der Waals surface area contributed by atoms with Gasteiger partial charge in [-0.25, -0.2) is 0 Å². The highest BCUT2D eigenvalue weighted by molar-refractivity contribution is 9.10. The normalized spacial score (nSPS) is 24.7. The van der Waals surface area contributed by atoms with Crippen LogP contribution >= 0.6 is 15.9 Å². The molecular weight excluding hydrogens is 256 g/mol. The van der Waals surface area contributed by atoms with Gasteiger partial charge in [0.25, 0.3) is 0 Å². The molecule has 3 heteroatoms. The van der Waals surface area contributed by atoms with Crippen molar-refractivity contribution in [3.63, 3.8) is 0 Å². The monoisotopic (exact) mass is 268 g/mol. The van der Waals surface area contributed by atoms with Crippen LogP contribution in [-0.4, -0.2) is 17.0 Å². The van der Waals surface area contributed by atoms with Gasteiger partial charge in [0.1, 0.15) is 6.29 Å². The zero-order chi connectivity index (χ0) is 10.9. The quantitative estimate of drug-likeness (QED) is 0.836. The van der Waals surface area contributed by atoms with Gasteiger partial charge in [-0.3, -0.25) is 0 Å². The molecule has 2 rings (SSSR count). The first-order valence-electron chi connectivity index (χ1n) is 5.06. The lowest BCUT2D eigenvalue weighted by molar-refractivity contribution is -0.112. The standard InChI is InChI=1S/C12H13BrO2/c13-11-2-1-10-8-12(15,5-6-14)4-3-9(10)7-11/h1-2,6-7,15H,3-5,8H2. The number of carbonyl (C=O) groups excluding carboxylic acids is 1. The number of hydrogen-bond acceptors (Lipinski definition) is 2. The zero-order valence-corrected chi connectivity index (χ0v) is 9.96. The summed E-state index contributed by atoms with van der Waals surface area (Å²) in [5.74, 6) is 0. The molecule has 1 aliphatic carbocycles. The molecule has 1 aromatic carbocycles. The number of fused-ring (bicyclic) bond motifs is 1. The second-order valence-corrected chi connectivity index (χ2v) is 5.10. The van der Waals surface area contributed by atoms with Gasteiger partial charge in [0.15, 0.2) is 0 Å². The molecule has 0 spiro atoms. The SMILES string of the molecule is O=CCC1(O)CCc2cc(Br)ccc2C1. The topological polar surface area (TPSA) is 37.3 Å². The first kappa shape index (κ1) is 10.8. The first-order valence-corrected chi connectivity index (χ1v) is 5.86. The van der Waals surface area contributed by atoms with E-state index in [1.807, 2.05) is 12.1 Å². The summed E-state index contributed by atoms with van der Waals surface area (Å²) in [5.41, 5.74) is 1.62. The van der Waals surface area contributed by atoms with E-state index >= 15 is 0 Å². The summed E-state index contributed by atoms with van der Waals surface area (Å²) in [6.07, 6.45) is 3.16. The van der Waals surface area contributed by atoms with Crippen LogP contribution in [0.3, 0.4) is 0 Å². The molecule has 1 aromatic rings. The van der Waals surface area contributed by atoms with Crippen LogP contribution in [0, 0.1) is 0 Å². The number of halogens is 1. The molecule has 0 fully saturated rings. The Bertz CT molecular complexity index is 389. The first-order chi connectivity index (χ1) is 7.13. The number of rotatable bonds is 2. The van der Waals surface area contributed by atoms with E-state index in [-0.39, 0.29) is 6.42 Å². The van der Waals surface area contributed by atoms with Crippen LogP contribution in [0.1, 0.15) is 24.0 Å². The van der Waals surface area contributed by atoms with Gasteiger partial charge in [-0.05, 0) is 36.1 Å². The lowest BCUT2D eigenvalue weighted by atomic mass is 9.79. The molecule has 1 N–H and O–H groups in total. The summed E-state index contributed by atoms with van der Waals surface area (Å²) in [6, 6.07) is 6.09. The number of hydrogen-bond donors (Lipinski definition) is 1. The summed E-state index contributed by atoms with van der Waals surface area (Å²) in [4.78, 5) is 10.5. The second kappa shape index (κ2) is 4.06. The predicted molar refractivity (Wildman–Crippen MR) is 61.8 cm³/mol. The van der Waals surface area contributed by atoms with Crippen molar-refractivity contribution in [2.24, 2.45) is 0 Å². The van der Waals surface area contributed by atoms with Crippen LogP contribution < -0.4 is 0 Å². The van der Waals surface area contributed by atoms with E-state index in [0.717, 1.165) is 22.7 Å². The third kappa shape index (κ3) is 2.29. The molecule has 0 heterocycles. The van der Waals surface area contributed by atoms with Crippen molar-refractivity contribution < 1.29 is 9.90 Å². The van der Waals surface area contributed by atoms with Crippen molar-refractivity contribution in [2.45, 2.75) is 31.3 Å². The Hall–Kier alpha value is -0.670. The minimum atomic E-state index is -0.817. The van der Waals surface area contributed by atoms with Gasteiger partial charge in [-0.1, -0.05) is 22.0 Å². The molecule has 0 amide bonds. The number of aryl methyl sites for hydroxylation is 1. The van der Waals surface area contributed by atoms with Crippen LogP contribution in [-0.2, 0) is 17.6 Å². The Labute approximate surface area is 97.4 Å². The number of carbonyl (C=O) groups is 1. The Morgan fingerprint density at radius 3 is 3.00 bits per heavy atom. The Balaban J connectivity index is 2.27. The van der Waals surface area contributed by atoms with E-state index in [0.29, 0.717) is 12.8 Å². The van der Waals surface area contributed by atoms with Crippen molar-refractivity contribution in [2.75, 3.05) is 0 Å². The second-order valence-electron chi connectivity index (χ2n) is 4.18. The Morgan fingerprint density at radius 1 is 1.47 bits per heavy atom. The summed E-state index contributed by atoms with van der Waals surface area (Å²) in [5, 5.41) is 10.1. The van der Waals surface area contributed by atoms with Crippen LogP contribution in [0.15, 0.2) is 22.7 Å². The molecule has 80 valence electrons.